The van der Waals surface area contributed by atoms with Crippen LogP contribution >= 0.6 is 0 Å². The van der Waals surface area contributed by atoms with Crippen LogP contribution in [0.15, 0.2) is 23.2 Å². The highest BCUT2D eigenvalue weighted by molar-refractivity contribution is 5.79. The third-order valence-electron chi connectivity index (χ3n) is 3.55. The molecule has 8 heteroatoms. The molecule has 0 amide bonds. The van der Waals surface area contributed by atoms with E-state index < -0.39 is 6.61 Å². The first-order valence-corrected chi connectivity index (χ1v) is 8.75. The lowest BCUT2D eigenvalue weighted by Crippen LogP contribution is -2.37. The van der Waals surface area contributed by atoms with Crippen LogP contribution in [0.1, 0.15) is 31.7 Å². The third-order valence-corrected chi connectivity index (χ3v) is 3.55. The minimum Gasteiger partial charge on any atom is -0.490 e. The molecule has 0 heterocycles. The van der Waals surface area contributed by atoms with Crippen molar-refractivity contribution in [2.75, 3.05) is 33.9 Å². The van der Waals surface area contributed by atoms with E-state index in [1.54, 1.807) is 39.3 Å². The van der Waals surface area contributed by atoms with Gasteiger partial charge in [-0.25, -0.2) is 0 Å². The van der Waals surface area contributed by atoms with Crippen LogP contribution in [0.25, 0.3) is 0 Å². The number of alkyl halides is 2. The molecule has 0 radical (unpaired) electrons. The van der Waals surface area contributed by atoms with Gasteiger partial charge in [-0.15, -0.1) is 0 Å². The first kappa shape index (κ1) is 22.0. The number of benzene rings is 1. The van der Waals surface area contributed by atoms with E-state index in [4.69, 9.17) is 9.47 Å². The number of aliphatic imine (C=N–C) groups is 1. The standard InChI is InChI=1S/C18H29F2N3O3/c1-4-25-15-10-8-9-14(16(15)26-17(19)20)13-23-18(21-2)22-11-6-5-7-12-24-3/h8-10,17H,4-7,11-13H2,1-3H3,(H2,21,22,23). The second kappa shape index (κ2) is 13.2. The molecule has 0 aliphatic rings. The number of guanidine groups is 1. The van der Waals surface area contributed by atoms with Crippen LogP contribution in [0.2, 0.25) is 0 Å². The van der Waals surface area contributed by atoms with Crippen molar-refractivity contribution in [2.45, 2.75) is 39.3 Å². The summed E-state index contributed by atoms with van der Waals surface area (Å²) in [6.45, 7) is 1.04. The monoisotopic (exact) mass is 373 g/mol. The molecule has 0 aromatic heterocycles. The summed E-state index contributed by atoms with van der Waals surface area (Å²) in [6.07, 6.45) is 3.06. The van der Waals surface area contributed by atoms with E-state index in [9.17, 15) is 8.78 Å². The minimum atomic E-state index is -2.92. The second-order valence-electron chi connectivity index (χ2n) is 5.46. The fraction of sp³-hybridized carbons (Fsp3) is 0.611. The average Bonchev–Trinajstić information content (AvgIpc) is 2.62. The second-order valence-corrected chi connectivity index (χ2v) is 5.46. The summed E-state index contributed by atoms with van der Waals surface area (Å²) in [5.41, 5.74) is 0.569. The first-order valence-electron chi connectivity index (χ1n) is 8.75. The van der Waals surface area contributed by atoms with Gasteiger partial charge in [0.05, 0.1) is 6.61 Å². The van der Waals surface area contributed by atoms with Gasteiger partial charge in [-0.2, -0.15) is 8.78 Å². The molecule has 0 spiro atoms. The number of hydrogen-bond acceptors (Lipinski definition) is 4. The van der Waals surface area contributed by atoms with Gasteiger partial charge < -0.3 is 24.8 Å². The number of hydrogen-bond donors (Lipinski definition) is 2. The molecule has 26 heavy (non-hydrogen) atoms. The van der Waals surface area contributed by atoms with Gasteiger partial charge in [-0.05, 0) is 32.3 Å². The van der Waals surface area contributed by atoms with Gasteiger partial charge >= 0.3 is 6.61 Å². The van der Waals surface area contributed by atoms with Crippen LogP contribution in [0.4, 0.5) is 8.78 Å². The fourth-order valence-corrected chi connectivity index (χ4v) is 2.35. The van der Waals surface area contributed by atoms with Gasteiger partial charge in [0, 0.05) is 39.4 Å². The topological polar surface area (TPSA) is 64.1 Å². The largest absolute Gasteiger partial charge is 0.490 e. The summed E-state index contributed by atoms with van der Waals surface area (Å²) < 4.78 is 40.5. The van der Waals surface area contributed by atoms with Crippen molar-refractivity contribution in [3.8, 4) is 11.5 Å². The average molecular weight is 373 g/mol. The fourth-order valence-electron chi connectivity index (χ4n) is 2.35. The molecule has 0 unspecified atom stereocenters. The molecular weight excluding hydrogens is 344 g/mol. The Morgan fingerprint density at radius 1 is 1.19 bits per heavy atom. The Kier molecular flexibility index (Phi) is 11.1. The zero-order valence-electron chi connectivity index (χ0n) is 15.7. The number of nitrogens with zero attached hydrogens (tertiary/aromatic N) is 1. The molecule has 0 fully saturated rings. The number of unbranched alkanes of at least 4 members (excludes halogenated alkanes) is 2. The lowest BCUT2D eigenvalue weighted by molar-refractivity contribution is -0.0520. The molecule has 0 aliphatic heterocycles. The Morgan fingerprint density at radius 3 is 2.65 bits per heavy atom. The van der Waals surface area contributed by atoms with E-state index >= 15 is 0 Å². The maximum absolute atomic E-state index is 12.7. The van der Waals surface area contributed by atoms with Gasteiger partial charge in [0.15, 0.2) is 17.5 Å². The highest BCUT2D eigenvalue weighted by atomic mass is 19.3. The predicted octanol–water partition coefficient (Wildman–Crippen LogP) is 3.17. The Hall–Kier alpha value is -2.09. The van der Waals surface area contributed by atoms with Crippen LogP contribution in [0, 0.1) is 0 Å². The number of methoxy groups -OCH3 is 1. The Bertz CT molecular complexity index is 542. The van der Waals surface area contributed by atoms with E-state index in [0.29, 0.717) is 23.9 Å². The number of para-hydroxylation sites is 1. The Labute approximate surface area is 153 Å². The van der Waals surface area contributed by atoms with Crippen LogP contribution in [-0.4, -0.2) is 46.5 Å². The molecule has 1 aromatic rings. The molecule has 2 N–H and O–H groups in total. The normalized spacial score (nSPS) is 11.5. The summed E-state index contributed by atoms with van der Waals surface area (Å²) in [5, 5.41) is 6.30. The number of ether oxygens (including phenoxy) is 3. The van der Waals surface area contributed by atoms with Gasteiger partial charge in [0.25, 0.3) is 0 Å². The zero-order chi connectivity index (χ0) is 19.2. The number of halogens is 2. The molecule has 0 bridgehead atoms. The van der Waals surface area contributed by atoms with Crippen LogP contribution in [0.5, 0.6) is 11.5 Å². The van der Waals surface area contributed by atoms with E-state index in [0.717, 1.165) is 32.4 Å². The zero-order valence-corrected chi connectivity index (χ0v) is 15.7. The summed E-state index contributed by atoms with van der Waals surface area (Å²) in [5.74, 6) is 0.946. The van der Waals surface area contributed by atoms with Gasteiger partial charge in [-0.1, -0.05) is 12.1 Å². The molecule has 1 aromatic carbocycles. The van der Waals surface area contributed by atoms with E-state index in [2.05, 4.69) is 20.4 Å². The van der Waals surface area contributed by atoms with Crippen molar-refractivity contribution in [3.05, 3.63) is 23.8 Å². The summed E-state index contributed by atoms with van der Waals surface area (Å²) in [4.78, 5) is 4.14. The van der Waals surface area contributed by atoms with Crippen LogP contribution in [0.3, 0.4) is 0 Å². The number of nitrogens with one attached hydrogen (secondary N) is 2. The Balaban J connectivity index is 2.59. The third kappa shape index (κ3) is 8.33. The van der Waals surface area contributed by atoms with Gasteiger partial charge in [0.2, 0.25) is 0 Å². The molecule has 148 valence electrons. The lowest BCUT2D eigenvalue weighted by Gasteiger charge is -2.17. The van der Waals surface area contributed by atoms with Gasteiger partial charge in [-0.3, -0.25) is 4.99 Å². The Morgan fingerprint density at radius 2 is 2.00 bits per heavy atom. The molecule has 6 nitrogen and oxygen atoms in total. The van der Waals surface area contributed by atoms with Crippen molar-refractivity contribution < 1.29 is 23.0 Å². The van der Waals surface area contributed by atoms with Crippen molar-refractivity contribution in [1.82, 2.24) is 10.6 Å². The van der Waals surface area contributed by atoms with E-state index in [-0.39, 0.29) is 12.3 Å². The highest BCUT2D eigenvalue weighted by Crippen LogP contribution is 2.32. The molecular formula is C18H29F2N3O3. The molecule has 0 saturated carbocycles. The van der Waals surface area contributed by atoms with Crippen molar-refractivity contribution >= 4 is 5.96 Å². The smallest absolute Gasteiger partial charge is 0.387 e. The van der Waals surface area contributed by atoms with Crippen molar-refractivity contribution in [1.29, 1.82) is 0 Å². The van der Waals surface area contributed by atoms with Crippen LogP contribution < -0.4 is 20.1 Å². The number of rotatable bonds is 12. The highest BCUT2D eigenvalue weighted by Gasteiger charge is 2.15. The predicted molar refractivity (Wildman–Crippen MR) is 98.2 cm³/mol. The van der Waals surface area contributed by atoms with Crippen LogP contribution in [-0.2, 0) is 11.3 Å². The molecule has 0 aliphatic carbocycles. The summed E-state index contributed by atoms with van der Waals surface area (Å²) in [7, 11) is 3.35. The minimum absolute atomic E-state index is 0.0480. The quantitative estimate of drug-likeness (QED) is 0.335. The van der Waals surface area contributed by atoms with E-state index in [1.165, 1.54) is 0 Å². The lowest BCUT2D eigenvalue weighted by atomic mass is 10.2. The molecule has 0 saturated heterocycles. The summed E-state index contributed by atoms with van der Waals surface area (Å²) >= 11 is 0. The van der Waals surface area contributed by atoms with E-state index in [1.807, 2.05) is 0 Å². The van der Waals surface area contributed by atoms with Gasteiger partial charge in [0.1, 0.15) is 0 Å². The summed E-state index contributed by atoms with van der Waals surface area (Å²) in [6, 6.07) is 5.06. The SMILES string of the molecule is CCOc1cccc(CNC(=NC)NCCCCCOC)c1OC(F)F. The maximum atomic E-state index is 12.7. The molecule has 1 rings (SSSR count). The first-order chi connectivity index (χ1) is 12.6. The molecule has 0 atom stereocenters. The van der Waals surface area contributed by atoms with Crippen molar-refractivity contribution in [3.63, 3.8) is 0 Å². The van der Waals surface area contributed by atoms with Crippen molar-refractivity contribution in [2.24, 2.45) is 4.99 Å². The maximum Gasteiger partial charge on any atom is 0.387 e.